The van der Waals surface area contributed by atoms with Crippen LogP contribution in [-0.2, 0) is 20.7 Å². The van der Waals surface area contributed by atoms with E-state index in [1.54, 1.807) is 6.07 Å². The molecule has 0 bridgehead atoms. The molecule has 0 aromatic heterocycles. The van der Waals surface area contributed by atoms with Gasteiger partial charge in [-0.3, -0.25) is 19.7 Å². The van der Waals surface area contributed by atoms with Crippen LogP contribution in [-0.4, -0.2) is 53.6 Å². The Morgan fingerprint density at radius 1 is 1.43 bits per heavy atom. The summed E-state index contributed by atoms with van der Waals surface area (Å²) in [6, 6.07) is 5.69. The number of hydrogen-bond donors (Lipinski definition) is 1. The summed E-state index contributed by atoms with van der Waals surface area (Å²) >= 11 is 0. The number of aliphatic carboxylic acids is 1. The number of hydrogen-bond acceptors (Lipinski definition) is 5. The van der Waals surface area contributed by atoms with Crippen molar-refractivity contribution in [2.45, 2.75) is 6.42 Å². The van der Waals surface area contributed by atoms with Gasteiger partial charge in [0.15, 0.2) is 0 Å². The van der Waals surface area contributed by atoms with Gasteiger partial charge in [-0.05, 0) is 5.56 Å². The van der Waals surface area contributed by atoms with Crippen LogP contribution in [0.5, 0.6) is 0 Å². The van der Waals surface area contributed by atoms with Crippen molar-refractivity contribution in [3.63, 3.8) is 0 Å². The summed E-state index contributed by atoms with van der Waals surface area (Å²) in [6.45, 7) is -0.0678. The SMILES string of the molecule is COCCN(CC(=O)O)C(=O)Cc1cccc([N+](=O)[O-])c1. The molecule has 0 fully saturated rings. The minimum absolute atomic E-state index is 0.0985. The van der Waals surface area contributed by atoms with Crippen LogP contribution in [0.3, 0.4) is 0 Å². The third-order valence-corrected chi connectivity index (χ3v) is 2.72. The van der Waals surface area contributed by atoms with E-state index in [1.807, 2.05) is 0 Å². The molecule has 0 saturated carbocycles. The first-order valence-corrected chi connectivity index (χ1v) is 6.16. The number of ether oxygens (including phenoxy) is 1. The van der Waals surface area contributed by atoms with Gasteiger partial charge < -0.3 is 14.7 Å². The van der Waals surface area contributed by atoms with E-state index in [-0.39, 0.29) is 25.3 Å². The van der Waals surface area contributed by atoms with Crippen molar-refractivity contribution in [2.75, 3.05) is 26.8 Å². The van der Waals surface area contributed by atoms with Crippen molar-refractivity contribution in [3.8, 4) is 0 Å². The van der Waals surface area contributed by atoms with Crippen LogP contribution in [0.1, 0.15) is 5.56 Å². The highest BCUT2D eigenvalue weighted by molar-refractivity contribution is 5.83. The zero-order chi connectivity index (χ0) is 15.8. The molecule has 0 saturated heterocycles. The number of carbonyl (C=O) groups is 2. The van der Waals surface area contributed by atoms with Gasteiger partial charge in [0, 0.05) is 25.8 Å². The number of non-ortho nitro benzene ring substituents is 1. The summed E-state index contributed by atoms with van der Waals surface area (Å²) < 4.78 is 4.83. The van der Waals surface area contributed by atoms with Gasteiger partial charge in [0.2, 0.25) is 5.91 Å². The van der Waals surface area contributed by atoms with E-state index in [1.165, 1.54) is 25.3 Å². The summed E-state index contributed by atoms with van der Waals surface area (Å²) in [6.07, 6.45) is -0.0985. The Labute approximate surface area is 121 Å². The Morgan fingerprint density at radius 3 is 2.71 bits per heavy atom. The number of amides is 1. The summed E-state index contributed by atoms with van der Waals surface area (Å²) in [7, 11) is 1.45. The van der Waals surface area contributed by atoms with E-state index in [9.17, 15) is 19.7 Å². The zero-order valence-electron chi connectivity index (χ0n) is 11.5. The van der Waals surface area contributed by atoms with Gasteiger partial charge in [0.1, 0.15) is 6.54 Å². The molecule has 8 heteroatoms. The summed E-state index contributed by atoms with van der Waals surface area (Å²) in [5, 5.41) is 19.5. The maximum Gasteiger partial charge on any atom is 0.323 e. The molecule has 8 nitrogen and oxygen atoms in total. The lowest BCUT2D eigenvalue weighted by atomic mass is 10.1. The van der Waals surface area contributed by atoms with Gasteiger partial charge in [-0.25, -0.2) is 0 Å². The molecule has 1 aromatic carbocycles. The maximum absolute atomic E-state index is 12.1. The number of carbonyl (C=O) groups excluding carboxylic acids is 1. The number of nitro benzene ring substituents is 1. The standard InChI is InChI=1S/C13H16N2O6/c1-21-6-5-14(9-13(17)18)12(16)8-10-3-2-4-11(7-10)15(19)20/h2-4,7H,5-6,8-9H2,1H3,(H,17,18). The Balaban J connectivity index is 2.77. The van der Waals surface area contributed by atoms with Crippen LogP contribution in [0.15, 0.2) is 24.3 Å². The third-order valence-electron chi connectivity index (χ3n) is 2.72. The second-order valence-corrected chi connectivity index (χ2v) is 4.31. The molecular formula is C13H16N2O6. The summed E-state index contributed by atoms with van der Waals surface area (Å²) in [5.41, 5.74) is 0.351. The second kappa shape index (κ2) is 7.95. The van der Waals surface area contributed by atoms with E-state index >= 15 is 0 Å². The first-order valence-electron chi connectivity index (χ1n) is 6.16. The molecule has 0 aliphatic carbocycles. The second-order valence-electron chi connectivity index (χ2n) is 4.31. The number of rotatable bonds is 8. The Bertz CT molecular complexity index is 531. The van der Waals surface area contributed by atoms with Gasteiger partial charge in [-0.1, -0.05) is 12.1 Å². The first kappa shape index (κ1) is 16.6. The predicted molar refractivity (Wildman–Crippen MR) is 72.9 cm³/mol. The van der Waals surface area contributed by atoms with Crippen LogP contribution in [0.2, 0.25) is 0 Å². The van der Waals surface area contributed by atoms with Crippen LogP contribution < -0.4 is 0 Å². The van der Waals surface area contributed by atoms with Crippen LogP contribution >= 0.6 is 0 Å². The van der Waals surface area contributed by atoms with E-state index in [2.05, 4.69) is 0 Å². The molecular weight excluding hydrogens is 280 g/mol. The van der Waals surface area contributed by atoms with Crippen molar-refractivity contribution >= 4 is 17.6 Å². The first-order chi connectivity index (χ1) is 9.93. The minimum Gasteiger partial charge on any atom is -0.480 e. The largest absolute Gasteiger partial charge is 0.480 e. The number of benzene rings is 1. The topological polar surface area (TPSA) is 110 Å². The summed E-state index contributed by atoms with van der Waals surface area (Å²) in [4.78, 5) is 34.1. The summed E-state index contributed by atoms with van der Waals surface area (Å²) in [5.74, 6) is -1.55. The van der Waals surface area contributed by atoms with Crippen molar-refractivity contribution in [1.82, 2.24) is 4.90 Å². The lowest BCUT2D eigenvalue weighted by Gasteiger charge is -2.20. The molecule has 21 heavy (non-hydrogen) atoms. The van der Waals surface area contributed by atoms with Crippen LogP contribution in [0.25, 0.3) is 0 Å². The molecule has 1 rings (SSSR count). The Kier molecular flexibility index (Phi) is 6.28. The number of carboxylic acid groups (broad SMARTS) is 1. The van der Waals surface area contributed by atoms with Crippen molar-refractivity contribution in [1.29, 1.82) is 0 Å². The number of carboxylic acids is 1. The Morgan fingerprint density at radius 2 is 2.14 bits per heavy atom. The molecule has 0 unspecified atom stereocenters. The Hall–Kier alpha value is -2.48. The molecule has 1 N–H and O–H groups in total. The number of methoxy groups -OCH3 is 1. The molecule has 0 aliphatic rings. The maximum atomic E-state index is 12.1. The average molecular weight is 296 g/mol. The molecule has 0 heterocycles. The average Bonchev–Trinajstić information content (AvgIpc) is 2.43. The van der Waals surface area contributed by atoms with Crippen molar-refractivity contribution in [3.05, 3.63) is 39.9 Å². The smallest absolute Gasteiger partial charge is 0.323 e. The van der Waals surface area contributed by atoms with E-state index in [0.717, 1.165) is 4.90 Å². The van der Waals surface area contributed by atoms with Crippen molar-refractivity contribution in [2.24, 2.45) is 0 Å². The van der Waals surface area contributed by atoms with E-state index in [4.69, 9.17) is 9.84 Å². The minimum atomic E-state index is -1.13. The van der Waals surface area contributed by atoms with Gasteiger partial charge >= 0.3 is 5.97 Å². The van der Waals surface area contributed by atoms with E-state index < -0.39 is 23.3 Å². The molecule has 0 radical (unpaired) electrons. The quantitative estimate of drug-likeness (QED) is 0.558. The monoisotopic (exact) mass is 296 g/mol. The van der Waals surface area contributed by atoms with Crippen molar-refractivity contribution < 1.29 is 24.4 Å². The number of nitrogens with zero attached hydrogens (tertiary/aromatic N) is 2. The molecule has 0 atom stereocenters. The highest BCUT2D eigenvalue weighted by Gasteiger charge is 2.17. The fourth-order valence-corrected chi connectivity index (χ4v) is 1.72. The zero-order valence-corrected chi connectivity index (χ0v) is 11.5. The van der Waals surface area contributed by atoms with E-state index in [0.29, 0.717) is 5.56 Å². The molecule has 0 spiro atoms. The fourth-order valence-electron chi connectivity index (χ4n) is 1.72. The highest BCUT2D eigenvalue weighted by atomic mass is 16.6. The van der Waals surface area contributed by atoms with Gasteiger partial charge in [-0.2, -0.15) is 0 Å². The van der Waals surface area contributed by atoms with Gasteiger partial charge in [0.05, 0.1) is 18.0 Å². The van der Waals surface area contributed by atoms with Gasteiger partial charge in [-0.15, -0.1) is 0 Å². The fraction of sp³-hybridized carbons (Fsp3) is 0.385. The predicted octanol–water partition coefficient (Wildman–Crippen LogP) is 0.697. The normalized spacial score (nSPS) is 10.1. The molecule has 114 valence electrons. The van der Waals surface area contributed by atoms with Gasteiger partial charge in [0.25, 0.3) is 5.69 Å². The van der Waals surface area contributed by atoms with Crippen LogP contribution in [0, 0.1) is 10.1 Å². The molecule has 0 aliphatic heterocycles. The van der Waals surface area contributed by atoms with Crippen LogP contribution in [0.4, 0.5) is 5.69 Å². The lowest BCUT2D eigenvalue weighted by molar-refractivity contribution is -0.384. The lowest BCUT2D eigenvalue weighted by Crippen LogP contribution is -2.38. The molecule has 1 amide bonds. The number of nitro groups is 1. The third kappa shape index (κ3) is 5.57. The highest BCUT2D eigenvalue weighted by Crippen LogP contribution is 2.14. The molecule has 1 aromatic rings.